The molecule has 2 saturated carbocycles. The van der Waals surface area contributed by atoms with E-state index in [4.69, 9.17) is 14.3 Å². The molecule has 3 N–H and O–H groups in total. The number of nitrogens with one attached hydrogen (secondary N) is 2. The number of allylic oxidation sites excluding steroid dienone is 1. The normalized spacial score (nSPS) is 30.3. The molecule has 2 aliphatic carbocycles. The van der Waals surface area contributed by atoms with Gasteiger partial charge in [0.1, 0.15) is 35.6 Å². The maximum Gasteiger partial charge on any atom is 0.408 e. The first-order chi connectivity index (χ1) is 21.3. The van der Waals surface area contributed by atoms with Crippen molar-refractivity contribution >= 4 is 30.1 Å². The molecule has 0 spiro atoms. The summed E-state index contributed by atoms with van der Waals surface area (Å²) >= 11 is 0. The fraction of sp³-hybridized carbons (Fsp3) is 0.594. The summed E-state index contributed by atoms with van der Waals surface area (Å²) in [5, 5.41) is 19.6. The molecule has 0 bridgehead atoms. The lowest BCUT2D eigenvalue weighted by molar-refractivity contribution is -0.145. The number of benzene rings is 1. The highest BCUT2D eigenvalue weighted by atomic mass is 16.6. The number of ether oxygens (including phenoxy) is 2. The molecule has 12 nitrogen and oxygen atoms in total. The molecule has 4 aliphatic rings. The third-order valence-corrected chi connectivity index (χ3v) is 8.99. The fourth-order valence-corrected chi connectivity index (χ4v) is 6.37. The highest BCUT2D eigenvalue weighted by Gasteiger charge is 2.61. The van der Waals surface area contributed by atoms with Crippen molar-refractivity contribution < 1.29 is 38.6 Å². The van der Waals surface area contributed by atoms with Crippen LogP contribution in [-0.2, 0) is 24.0 Å². The van der Waals surface area contributed by atoms with Crippen LogP contribution in [-0.4, -0.2) is 83.6 Å². The predicted octanol–water partition coefficient (Wildman–Crippen LogP) is 3.53. The largest absolute Gasteiger partial charge is 0.497 e. The van der Waals surface area contributed by atoms with E-state index in [0.717, 1.165) is 50.5 Å². The van der Waals surface area contributed by atoms with Gasteiger partial charge in [-0.2, -0.15) is 0 Å². The minimum absolute atomic E-state index is 0.0472. The number of carbonyl (C=O) groups is 4. The van der Waals surface area contributed by atoms with E-state index >= 15 is 0 Å². The third-order valence-electron chi connectivity index (χ3n) is 8.99. The Morgan fingerprint density at radius 3 is 2.68 bits per heavy atom. The summed E-state index contributed by atoms with van der Waals surface area (Å²) in [6.07, 6.45) is 11.4. The molecule has 3 fully saturated rings. The van der Waals surface area contributed by atoms with Crippen molar-refractivity contribution in [3.8, 4) is 5.75 Å². The van der Waals surface area contributed by atoms with E-state index in [1.54, 1.807) is 13.2 Å². The van der Waals surface area contributed by atoms with Crippen molar-refractivity contribution in [2.45, 2.75) is 100 Å². The molecule has 2 aliphatic heterocycles. The van der Waals surface area contributed by atoms with Crippen LogP contribution >= 0.6 is 0 Å². The molecule has 12 heteroatoms. The Hall–Kier alpha value is -4.09. The zero-order valence-electron chi connectivity index (χ0n) is 25.1. The molecule has 1 aromatic rings. The topological polar surface area (TPSA) is 156 Å². The number of aliphatic carboxylic acids is 1. The van der Waals surface area contributed by atoms with Gasteiger partial charge in [0.2, 0.25) is 11.8 Å². The van der Waals surface area contributed by atoms with Gasteiger partial charge in [-0.1, -0.05) is 42.3 Å². The Labute approximate surface area is 257 Å². The van der Waals surface area contributed by atoms with Crippen molar-refractivity contribution in [2.24, 2.45) is 11.1 Å². The van der Waals surface area contributed by atoms with Crippen molar-refractivity contribution in [2.75, 3.05) is 13.7 Å². The van der Waals surface area contributed by atoms with Gasteiger partial charge in [-0.25, -0.2) is 9.59 Å². The summed E-state index contributed by atoms with van der Waals surface area (Å²) in [5.74, 6) is -1.76. The Morgan fingerprint density at radius 1 is 1.11 bits per heavy atom. The zero-order valence-corrected chi connectivity index (χ0v) is 25.1. The van der Waals surface area contributed by atoms with Crippen LogP contribution in [0.5, 0.6) is 5.75 Å². The average Bonchev–Trinajstić information content (AvgIpc) is 3.30. The van der Waals surface area contributed by atoms with Crippen LogP contribution in [0.15, 0.2) is 41.6 Å². The van der Waals surface area contributed by atoms with Gasteiger partial charge in [0.15, 0.2) is 0 Å². The second kappa shape index (κ2) is 14.1. The molecule has 1 aromatic carbocycles. The van der Waals surface area contributed by atoms with E-state index in [9.17, 15) is 24.3 Å². The fourth-order valence-electron chi connectivity index (χ4n) is 6.37. The molecule has 44 heavy (non-hydrogen) atoms. The van der Waals surface area contributed by atoms with E-state index in [0.29, 0.717) is 18.6 Å². The number of hydrogen-bond donors (Lipinski definition) is 3. The molecule has 0 radical (unpaired) electrons. The van der Waals surface area contributed by atoms with Gasteiger partial charge in [0.05, 0.1) is 19.9 Å². The minimum atomic E-state index is -1.41. The quantitative estimate of drug-likeness (QED) is 0.241. The number of nitrogens with zero attached hydrogens (tertiary/aromatic N) is 2. The smallest absolute Gasteiger partial charge is 0.408 e. The monoisotopic (exact) mass is 610 g/mol. The number of rotatable bonds is 7. The van der Waals surface area contributed by atoms with Gasteiger partial charge in [-0.3, -0.25) is 9.59 Å². The van der Waals surface area contributed by atoms with Crippen molar-refractivity contribution in [1.29, 1.82) is 0 Å². The minimum Gasteiger partial charge on any atom is -0.497 e. The number of amides is 3. The lowest BCUT2D eigenvalue weighted by Crippen LogP contribution is -2.56. The molecule has 1 saturated heterocycles. The van der Waals surface area contributed by atoms with Crippen LogP contribution in [0, 0.1) is 5.92 Å². The first-order valence-electron chi connectivity index (χ1n) is 15.6. The average molecular weight is 611 g/mol. The SMILES string of the molecule is COc1cccc(/C=N/O[C@@H]2C[C@H]3C(=O)N[C@@]4(C(=O)O)C[C@H]4/C=C\CCCCC[C@H](NC(=O)OC4CCCC4)C(=O)N3C2)c1. The van der Waals surface area contributed by atoms with Gasteiger partial charge in [0.25, 0.3) is 0 Å². The van der Waals surface area contributed by atoms with E-state index < -0.39 is 47.6 Å². The number of hydrogen-bond acceptors (Lipinski definition) is 8. The summed E-state index contributed by atoms with van der Waals surface area (Å²) < 4.78 is 10.8. The number of oxime groups is 1. The number of alkyl carbamates (subject to hydrolysis) is 1. The highest BCUT2D eigenvalue weighted by Crippen LogP contribution is 2.45. The Bertz CT molecular complexity index is 1280. The third kappa shape index (κ3) is 7.51. The predicted molar refractivity (Wildman–Crippen MR) is 160 cm³/mol. The van der Waals surface area contributed by atoms with Crippen LogP contribution in [0.25, 0.3) is 0 Å². The van der Waals surface area contributed by atoms with Crippen LogP contribution in [0.4, 0.5) is 4.79 Å². The van der Waals surface area contributed by atoms with Gasteiger partial charge in [0, 0.05) is 12.3 Å². The molecule has 2 heterocycles. The summed E-state index contributed by atoms with van der Waals surface area (Å²) in [6, 6.07) is 5.34. The number of methoxy groups -OCH3 is 1. The van der Waals surface area contributed by atoms with E-state index in [1.165, 1.54) is 11.1 Å². The van der Waals surface area contributed by atoms with Crippen molar-refractivity contribution in [3.63, 3.8) is 0 Å². The maximum absolute atomic E-state index is 14.0. The first kappa shape index (κ1) is 31.3. The van der Waals surface area contributed by atoms with Crippen LogP contribution in [0.2, 0.25) is 0 Å². The lowest BCUT2D eigenvalue weighted by atomic mass is 10.0. The van der Waals surface area contributed by atoms with Crippen LogP contribution in [0.3, 0.4) is 0 Å². The van der Waals surface area contributed by atoms with Gasteiger partial charge in [-0.15, -0.1) is 0 Å². The summed E-state index contributed by atoms with van der Waals surface area (Å²) in [6.45, 7) is 0.0472. The van der Waals surface area contributed by atoms with Crippen molar-refractivity contribution in [1.82, 2.24) is 15.5 Å². The second-order valence-electron chi connectivity index (χ2n) is 12.1. The molecule has 0 aromatic heterocycles. The Kier molecular flexibility index (Phi) is 10.1. The molecule has 238 valence electrons. The zero-order chi connectivity index (χ0) is 31.1. The van der Waals surface area contributed by atoms with Crippen molar-refractivity contribution in [3.05, 3.63) is 42.0 Å². The summed E-state index contributed by atoms with van der Waals surface area (Å²) in [5.41, 5.74) is -0.665. The van der Waals surface area contributed by atoms with E-state index in [1.807, 2.05) is 30.4 Å². The van der Waals surface area contributed by atoms with E-state index in [-0.39, 0.29) is 31.4 Å². The van der Waals surface area contributed by atoms with Gasteiger partial charge in [-0.05, 0) is 69.1 Å². The highest BCUT2D eigenvalue weighted by molar-refractivity contribution is 5.96. The van der Waals surface area contributed by atoms with Crippen LogP contribution in [0.1, 0.15) is 76.2 Å². The Balaban J connectivity index is 1.35. The maximum atomic E-state index is 14.0. The molecule has 0 unspecified atom stereocenters. The molecular formula is C32H42N4O8. The van der Waals surface area contributed by atoms with E-state index in [2.05, 4.69) is 15.8 Å². The molecule has 5 rings (SSSR count). The number of carboxylic acids is 1. The standard InChI is InChI=1S/C32H42N4O8/c1-42-24-14-9-10-21(16-24)19-33-44-25-17-27-28(37)35-32(30(39)40)18-22(32)11-5-3-2-4-6-15-26(29(38)36(27)20-25)34-31(41)43-23-12-7-8-13-23/h5,9-11,14,16,19,22-23,25-27H,2-4,6-8,12-13,15,17-18,20H2,1H3,(H,34,41)(H,35,37)(H,39,40)/b11-5-,33-19+/t22-,25-,26+,27+,32+/m1/s1. The number of carboxylic acid groups (broad SMARTS) is 1. The molecular weight excluding hydrogens is 568 g/mol. The van der Waals surface area contributed by atoms with Crippen LogP contribution < -0.4 is 15.4 Å². The Morgan fingerprint density at radius 2 is 1.91 bits per heavy atom. The van der Waals surface area contributed by atoms with Gasteiger partial charge >= 0.3 is 12.1 Å². The number of carbonyl (C=O) groups excluding carboxylic acids is 3. The second-order valence-corrected chi connectivity index (χ2v) is 12.1. The number of fused-ring (bicyclic) bond motifs is 2. The lowest BCUT2D eigenvalue weighted by Gasteiger charge is -2.29. The first-order valence-corrected chi connectivity index (χ1v) is 15.6. The summed E-state index contributed by atoms with van der Waals surface area (Å²) in [7, 11) is 1.57. The summed E-state index contributed by atoms with van der Waals surface area (Å²) in [4.78, 5) is 60.0. The molecule has 5 atom stereocenters. The molecule has 3 amide bonds. The van der Waals surface area contributed by atoms with Gasteiger partial charge < -0.3 is 35.0 Å².